The number of rotatable bonds is 7. The van der Waals surface area contributed by atoms with Crippen LogP contribution in [0.1, 0.15) is 42.3 Å². The molecule has 0 aliphatic rings. The lowest BCUT2D eigenvalue weighted by Gasteiger charge is -2.20. The van der Waals surface area contributed by atoms with Gasteiger partial charge in [0.1, 0.15) is 0 Å². The number of carbonyl (C=O) groups is 2. The fourth-order valence-electron chi connectivity index (χ4n) is 2.44. The number of nitrogens with one attached hydrogen (secondary N) is 2. The third kappa shape index (κ3) is 5.25. The normalized spacial score (nSPS) is 13.1. The summed E-state index contributed by atoms with van der Waals surface area (Å²) in [6, 6.07) is 9.96. The summed E-state index contributed by atoms with van der Waals surface area (Å²) in [6.45, 7) is 2.00. The average molecular weight is 366 g/mol. The lowest BCUT2D eigenvalue weighted by Crippen LogP contribution is -2.37. The fraction of sp³-hybridized carbons (Fsp3) is 0.294. The molecule has 7 heteroatoms. The first-order chi connectivity index (χ1) is 11.5. The van der Waals surface area contributed by atoms with Gasteiger partial charge in [0, 0.05) is 9.90 Å². The van der Waals surface area contributed by atoms with Gasteiger partial charge >= 0.3 is 6.03 Å². The van der Waals surface area contributed by atoms with Crippen molar-refractivity contribution in [1.29, 1.82) is 0 Å². The first-order valence-electron chi connectivity index (χ1n) is 7.63. The number of hydrogen-bond donors (Lipinski definition) is 3. The van der Waals surface area contributed by atoms with Crippen LogP contribution in [0.2, 0.25) is 5.02 Å². The van der Waals surface area contributed by atoms with Gasteiger partial charge in [0.2, 0.25) is 5.91 Å². The van der Waals surface area contributed by atoms with Crippen molar-refractivity contribution in [1.82, 2.24) is 10.6 Å². The fourth-order valence-corrected chi connectivity index (χ4v) is 3.34. The van der Waals surface area contributed by atoms with E-state index in [1.807, 2.05) is 36.6 Å². The standard InChI is InChI=1S/C17H20ClN3O2S/c1-2-13(11-5-7-12(18)8-6-11)20-16(22)10-14(21-17(19)23)15-4-3-9-24-15/h3-9,13-14H,2,10H2,1H3,(H,20,22)(H3,19,21,23). The van der Waals surface area contributed by atoms with E-state index in [1.54, 1.807) is 12.1 Å². The van der Waals surface area contributed by atoms with Crippen LogP contribution < -0.4 is 16.4 Å². The molecule has 0 aliphatic carbocycles. The topological polar surface area (TPSA) is 84.2 Å². The molecule has 3 amide bonds. The van der Waals surface area contributed by atoms with Gasteiger partial charge in [-0.05, 0) is 35.6 Å². The number of hydrogen-bond acceptors (Lipinski definition) is 3. The molecule has 2 aromatic rings. The van der Waals surface area contributed by atoms with Gasteiger partial charge in [0.15, 0.2) is 0 Å². The molecule has 5 nitrogen and oxygen atoms in total. The quantitative estimate of drug-likeness (QED) is 0.697. The van der Waals surface area contributed by atoms with E-state index < -0.39 is 12.1 Å². The van der Waals surface area contributed by atoms with Crippen LogP contribution in [-0.4, -0.2) is 11.9 Å². The molecule has 2 unspecified atom stereocenters. The third-order valence-corrected chi connectivity index (χ3v) is 4.85. The van der Waals surface area contributed by atoms with E-state index in [-0.39, 0.29) is 18.4 Å². The maximum Gasteiger partial charge on any atom is 0.312 e. The molecule has 2 atom stereocenters. The number of benzene rings is 1. The average Bonchev–Trinajstić information content (AvgIpc) is 3.07. The second-order valence-electron chi connectivity index (χ2n) is 5.36. The molecular formula is C17H20ClN3O2S. The van der Waals surface area contributed by atoms with E-state index in [4.69, 9.17) is 17.3 Å². The van der Waals surface area contributed by atoms with E-state index in [0.29, 0.717) is 5.02 Å². The zero-order valence-electron chi connectivity index (χ0n) is 13.3. The Morgan fingerprint density at radius 3 is 2.42 bits per heavy atom. The van der Waals surface area contributed by atoms with Crippen LogP contribution in [-0.2, 0) is 4.79 Å². The zero-order valence-corrected chi connectivity index (χ0v) is 14.9. The van der Waals surface area contributed by atoms with Crippen LogP contribution >= 0.6 is 22.9 Å². The molecule has 1 heterocycles. The van der Waals surface area contributed by atoms with Gasteiger partial charge in [-0.3, -0.25) is 4.79 Å². The van der Waals surface area contributed by atoms with Crippen LogP contribution in [0.3, 0.4) is 0 Å². The van der Waals surface area contributed by atoms with Crippen molar-refractivity contribution in [3.05, 3.63) is 57.2 Å². The Balaban J connectivity index is 2.03. The smallest absolute Gasteiger partial charge is 0.312 e. The van der Waals surface area contributed by atoms with E-state index in [0.717, 1.165) is 16.9 Å². The van der Waals surface area contributed by atoms with Crippen molar-refractivity contribution in [3.63, 3.8) is 0 Å². The number of amides is 3. The summed E-state index contributed by atoms with van der Waals surface area (Å²) in [5, 5.41) is 8.17. The largest absolute Gasteiger partial charge is 0.352 e. The van der Waals surface area contributed by atoms with Crippen LogP contribution in [0.4, 0.5) is 4.79 Å². The molecule has 128 valence electrons. The summed E-state index contributed by atoms with van der Waals surface area (Å²) in [5.74, 6) is -0.149. The number of halogens is 1. The van der Waals surface area contributed by atoms with E-state index in [9.17, 15) is 9.59 Å². The SMILES string of the molecule is CCC(NC(=O)CC(NC(N)=O)c1cccs1)c1ccc(Cl)cc1. The van der Waals surface area contributed by atoms with Gasteiger partial charge in [-0.2, -0.15) is 0 Å². The van der Waals surface area contributed by atoms with E-state index in [2.05, 4.69) is 10.6 Å². The zero-order chi connectivity index (χ0) is 17.5. The predicted octanol–water partition coefficient (Wildman–Crippen LogP) is 3.77. The van der Waals surface area contributed by atoms with Gasteiger partial charge < -0.3 is 16.4 Å². The van der Waals surface area contributed by atoms with E-state index >= 15 is 0 Å². The molecule has 0 saturated carbocycles. The van der Waals surface area contributed by atoms with Gasteiger partial charge in [-0.25, -0.2) is 4.79 Å². The van der Waals surface area contributed by atoms with Gasteiger partial charge in [0.25, 0.3) is 0 Å². The number of carbonyl (C=O) groups excluding carboxylic acids is 2. The number of primary amides is 1. The van der Waals surface area contributed by atoms with Crippen molar-refractivity contribution in [2.75, 3.05) is 0 Å². The van der Waals surface area contributed by atoms with Gasteiger partial charge in [-0.1, -0.05) is 36.7 Å². The summed E-state index contributed by atoms with van der Waals surface area (Å²) in [5.41, 5.74) is 6.21. The highest BCUT2D eigenvalue weighted by Crippen LogP contribution is 2.23. The first-order valence-corrected chi connectivity index (χ1v) is 8.89. The first kappa shape index (κ1) is 18.3. The molecule has 0 radical (unpaired) electrons. The van der Waals surface area contributed by atoms with E-state index in [1.165, 1.54) is 11.3 Å². The summed E-state index contributed by atoms with van der Waals surface area (Å²) < 4.78 is 0. The molecule has 24 heavy (non-hydrogen) atoms. The highest BCUT2D eigenvalue weighted by Gasteiger charge is 2.20. The Morgan fingerprint density at radius 1 is 1.17 bits per heavy atom. The maximum atomic E-state index is 12.4. The van der Waals surface area contributed by atoms with Crippen molar-refractivity contribution in [2.45, 2.75) is 31.8 Å². The molecular weight excluding hydrogens is 346 g/mol. The lowest BCUT2D eigenvalue weighted by molar-refractivity contribution is -0.122. The Morgan fingerprint density at radius 2 is 1.88 bits per heavy atom. The molecule has 0 bridgehead atoms. The molecule has 4 N–H and O–H groups in total. The highest BCUT2D eigenvalue weighted by molar-refractivity contribution is 7.10. The maximum absolute atomic E-state index is 12.4. The molecule has 0 aliphatic heterocycles. The molecule has 1 aromatic carbocycles. The summed E-state index contributed by atoms with van der Waals surface area (Å²) in [6.07, 6.45) is 0.883. The second-order valence-corrected chi connectivity index (χ2v) is 6.78. The predicted molar refractivity (Wildman–Crippen MR) is 97.0 cm³/mol. The Kier molecular flexibility index (Phi) is 6.63. The monoisotopic (exact) mass is 365 g/mol. The van der Waals surface area contributed by atoms with Crippen molar-refractivity contribution >= 4 is 34.9 Å². The van der Waals surface area contributed by atoms with Crippen LogP contribution in [0.25, 0.3) is 0 Å². The summed E-state index contributed by atoms with van der Waals surface area (Å²) in [4.78, 5) is 24.5. The van der Waals surface area contributed by atoms with Gasteiger partial charge in [-0.15, -0.1) is 11.3 Å². The minimum atomic E-state index is -0.647. The molecule has 0 spiro atoms. The Bertz CT molecular complexity index is 674. The van der Waals surface area contributed by atoms with Gasteiger partial charge in [0.05, 0.1) is 18.5 Å². The number of nitrogens with two attached hydrogens (primary N) is 1. The summed E-state index contributed by atoms with van der Waals surface area (Å²) in [7, 11) is 0. The van der Waals surface area contributed by atoms with Crippen molar-refractivity contribution < 1.29 is 9.59 Å². The van der Waals surface area contributed by atoms with Crippen molar-refractivity contribution in [3.8, 4) is 0 Å². The lowest BCUT2D eigenvalue weighted by atomic mass is 10.0. The number of thiophene rings is 1. The van der Waals surface area contributed by atoms with Crippen LogP contribution in [0, 0.1) is 0 Å². The Hall–Kier alpha value is -2.05. The minimum Gasteiger partial charge on any atom is -0.352 e. The van der Waals surface area contributed by atoms with Crippen LogP contribution in [0.5, 0.6) is 0 Å². The van der Waals surface area contributed by atoms with Crippen molar-refractivity contribution in [2.24, 2.45) is 5.73 Å². The molecule has 0 saturated heterocycles. The third-order valence-electron chi connectivity index (χ3n) is 3.61. The molecule has 0 fully saturated rings. The second kappa shape index (κ2) is 8.70. The molecule has 1 aromatic heterocycles. The molecule has 2 rings (SSSR count). The minimum absolute atomic E-state index is 0.104. The Labute approximate surface area is 150 Å². The number of urea groups is 1. The van der Waals surface area contributed by atoms with Crippen LogP contribution in [0.15, 0.2) is 41.8 Å². The highest BCUT2D eigenvalue weighted by atomic mass is 35.5. The summed E-state index contributed by atoms with van der Waals surface area (Å²) >= 11 is 7.37.